The third-order valence-corrected chi connectivity index (χ3v) is 4.64. The van der Waals surface area contributed by atoms with Gasteiger partial charge in [-0.15, -0.1) is 11.6 Å². The Kier molecular flexibility index (Phi) is 1.95. The van der Waals surface area contributed by atoms with Crippen LogP contribution in [0.4, 0.5) is 0 Å². The van der Waals surface area contributed by atoms with Crippen molar-refractivity contribution < 1.29 is 0 Å². The summed E-state index contributed by atoms with van der Waals surface area (Å²) in [5.41, 5.74) is 4.91. The molecule has 0 radical (unpaired) electrons. The molecule has 1 aromatic carbocycles. The highest BCUT2D eigenvalue weighted by Crippen LogP contribution is 2.54. The number of benzene rings is 1. The van der Waals surface area contributed by atoms with E-state index in [0.717, 1.165) is 12.3 Å². The number of hydrogen-bond acceptors (Lipinski definition) is 0. The van der Waals surface area contributed by atoms with E-state index in [2.05, 4.69) is 32.0 Å². The zero-order chi connectivity index (χ0) is 10.6. The molecule has 1 heteroatoms. The maximum atomic E-state index is 6.41. The van der Waals surface area contributed by atoms with Gasteiger partial charge in [0.2, 0.25) is 0 Å². The molecular formula is C14H17Cl. The maximum Gasteiger partial charge on any atom is 0.0593 e. The largest absolute Gasteiger partial charge is 0.118 e. The quantitative estimate of drug-likeness (QED) is 0.564. The van der Waals surface area contributed by atoms with Gasteiger partial charge in [-0.2, -0.15) is 0 Å². The van der Waals surface area contributed by atoms with Crippen molar-refractivity contribution in [1.29, 1.82) is 0 Å². The molecule has 2 atom stereocenters. The lowest BCUT2D eigenvalue weighted by molar-refractivity contribution is 0.394. The standard InChI is InChI=1S/C14H17Cl/c1-14(2)7-6-9-8-12(15)10-4-3-5-11(14)13(9)10/h3-5,9,12H,6-8H2,1-2H3. The molecule has 0 nitrogen and oxygen atoms in total. The Bertz CT molecular complexity index is 406. The van der Waals surface area contributed by atoms with Gasteiger partial charge in [0, 0.05) is 0 Å². The summed E-state index contributed by atoms with van der Waals surface area (Å²) in [6.07, 6.45) is 3.78. The van der Waals surface area contributed by atoms with Crippen molar-refractivity contribution in [3.8, 4) is 0 Å². The molecule has 2 aliphatic rings. The highest BCUT2D eigenvalue weighted by Gasteiger charge is 2.39. The zero-order valence-electron chi connectivity index (χ0n) is 9.39. The summed E-state index contributed by atoms with van der Waals surface area (Å²) in [5.74, 6) is 0.742. The third-order valence-electron chi connectivity index (χ3n) is 4.22. The molecule has 0 saturated heterocycles. The third kappa shape index (κ3) is 1.27. The van der Waals surface area contributed by atoms with Gasteiger partial charge in [0.25, 0.3) is 0 Å². The molecule has 0 aromatic heterocycles. The van der Waals surface area contributed by atoms with E-state index >= 15 is 0 Å². The van der Waals surface area contributed by atoms with Gasteiger partial charge >= 0.3 is 0 Å². The molecule has 0 spiro atoms. The molecule has 0 fully saturated rings. The number of halogens is 1. The van der Waals surface area contributed by atoms with Gasteiger partial charge in [-0.3, -0.25) is 0 Å². The van der Waals surface area contributed by atoms with Crippen LogP contribution in [0.1, 0.15) is 61.1 Å². The van der Waals surface area contributed by atoms with E-state index in [1.54, 1.807) is 11.1 Å². The van der Waals surface area contributed by atoms with Crippen LogP contribution in [0.5, 0.6) is 0 Å². The first-order chi connectivity index (χ1) is 7.09. The molecule has 2 unspecified atom stereocenters. The van der Waals surface area contributed by atoms with E-state index in [9.17, 15) is 0 Å². The maximum absolute atomic E-state index is 6.41. The van der Waals surface area contributed by atoms with Crippen molar-refractivity contribution in [2.75, 3.05) is 0 Å². The van der Waals surface area contributed by atoms with E-state index in [0.29, 0.717) is 5.41 Å². The highest BCUT2D eigenvalue weighted by atomic mass is 35.5. The Hall–Kier alpha value is -0.490. The number of rotatable bonds is 0. The second-order valence-corrected chi connectivity index (χ2v) is 6.16. The summed E-state index contributed by atoms with van der Waals surface area (Å²) in [7, 11) is 0. The number of hydrogen-bond donors (Lipinski definition) is 0. The lowest BCUT2D eigenvalue weighted by Gasteiger charge is -2.35. The van der Waals surface area contributed by atoms with Gasteiger partial charge in [-0.05, 0) is 47.3 Å². The van der Waals surface area contributed by atoms with E-state index in [-0.39, 0.29) is 5.38 Å². The van der Waals surface area contributed by atoms with E-state index in [1.807, 2.05) is 0 Å². The molecule has 3 rings (SSSR count). The molecule has 0 bridgehead atoms. The van der Waals surface area contributed by atoms with Crippen molar-refractivity contribution in [1.82, 2.24) is 0 Å². The molecule has 2 aliphatic carbocycles. The Balaban J connectivity index is 2.25. The summed E-state index contributed by atoms with van der Waals surface area (Å²) in [5, 5.41) is 0.263. The van der Waals surface area contributed by atoms with Crippen molar-refractivity contribution in [3.63, 3.8) is 0 Å². The van der Waals surface area contributed by atoms with Crippen LogP contribution in [0.15, 0.2) is 18.2 Å². The number of alkyl halides is 1. The van der Waals surface area contributed by atoms with Gasteiger partial charge in [0.15, 0.2) is 0 Å². The minimum atomic E-state index is 0.263. The van der Waals surface area contributed by atoms with Crippen molar-refractivity contribution >= 4 is 11.6 Å². The molecule has 0 heterocycles. The summed E-state index contributed by atoms with van der Waals surface area (Å²) >= 11 is 6.41. The SMILES string of the molecule is CC1(C)CCC2CC(Cl)c3cccc1c32. The summed E-state index contributed by atoms with van der Waals surface area (Å²) in [6, 6.07) is 6.71. The Labute approximate surface area is 96.6 Å². The average molecular weight is 221 g/mol. The lowest BCUT2D eigenvalue weighted by atomic mass is 9.69. The van der Waals surface area contributed by atoms with E-state index in [1.165, 1.54) is 18.4 Å². The Morgan fingerprint density at radius 2 is 2.13 bits per heavy atom. The Morgan fingerprint density at radius 3 is 2.93 bits per heavy atom. The van der Waals surface area contributed by atoms with Crippen molar-refractivity contribution in [3.05, 3.63) is 34.9 Å². The Morgan fingerprint density at radius 1 is 1.33 bits per heavy atom. The molecule has 0 aliphatic heterocycles. The molecule has 80 valence electrons. The molecule has 0 N–H and O–H groups in total. The predicted molar refractivity (Wildman–Crippen MR) is 64.7 cm³/mol. The van der Waals surface area contributed by atoms with Gasteiger partial charge in [0.1, 0.15) is 0 Å². The first-order valence-electron chi connectivity index (χ1n) is 5.87. The first-order valence-corrected chi connectivity index (χ1v) is 6.30. The second kappa shape index (κ2) is 3.01. The topological polar surface area (TPSA) is 0 Å². The predicted octanol–water partition coefficient (Wildman–Crippen LogP) is 4.53. The minimum Gasteiger partial charge on any atom is -0.118 e. The molecule has 15 heavy (non-hydrogen) atoms. The molecule has 0 saturated carbocycles. The lowest BCUT2D eigenvalue weighted by Crippen LogP contribution is -2.25. The van der Waals surface area contributed by atoms with Crippen LogP contribution >= 0.6 is 11.6 Å². The van der Waals surface area contributed by atoms with Crippen LogP contribution in [-0.2, 0) is 5.41 Å². The monoisotopic (exact) mass is 220 g/mol. The summed E-state index contributed by atoms with van der Waals surface area (Å²) < 4.78 is 0. The van der Waals surface area contributed by atoms with Gasteiger partial charge < -0.3 is 0 Å². The van der Waals surface area contributed by atoms with Crippen LogP contribution < -0.4 is 0 Å². The summed E-state index contributed by atoms with van der Waals surface area (Å²) in [6.45, 7) is 4.72. The van der Waals surface area contributed by atoms with E-state index < -0.39 is 0 Å². The van der Waals surface area contributed by atoms with Crippen LogP contribution in [-0.4, -0.2) is 0 Å². The van der Waals surface area contributed by atoms with Gasteiger partial charge in [-0.25, -0.2) is 0 Å². The van der Waals surface area contributed by atoms with Crippen molar-refractivity contribution in [2.45, 2.75) is 49.8 Å². The molecule has 1 aromatic rings. The fraction of sp³-hybridized carbons (Fsp3) is 0.571. The van der Waals surface area contributed by atoms with Gasteiger partial charge in [-0.1, -0.05) is 32.0 Å². The smallest absolute Gasteiger partial charge is 0.0593 e. The normalized spacial score (nSPS) is 31.4. The highest BCUT2D eigenvalue weighted by molar-refractivity contribution is 6.21. The average Bonchev–Trinajstić information content (AvgIpc) is 2.52. The van der Waals surface area contributed by atoms with Crippen LogP contribution in [0.25, 0.3) is 0 Å². The summed E-state index contributed by atoms with van der Waals surface area (Å²) in [4.78, 5) is 0. The minimum absolute atomic E-state index is 0.263. The fourth-order valence-electron chi connectivity index (χ4n) is 3.33. The van der Waals surface area contributed by atoms with Crippen molar-refractivity contribution in [2.24, 2.45) is 0 Å². The molecular weight excluding hydrogens is 204 g/mol. The zero-order valence-corrected chi connectivity index (χ0v) is 10.1. The van der Waals surface area contributed by atoms with Crippen LogP contribution in [0, 0.1) is 0 Å². The second-order valence-electron chi connectivity index (χ2n) is 5.63. The first kappa shape index (κ1) is 9.72. The van der Waals surface area contributed by atoms with Crippen LogP contribution in [0.2, 0.25) is 0 Å². The fourth-order valence-corrected chi connectivity index (χ4v) is 3.73. The molecule has 0 amide bonds. The van der Waals surface area contributed by atoms with E-state index in [4.69, 9.17) is 11.6 Å². The van der Waals surface area contributed by atoms with Crippen LogP contribution in [0.3, 0.4) is 0 Å². The van der Waals surface area contributed by atoms with Gasteiger partial charge in [0.05, 0.1) is 5.38 Å².